The summed E-state index contributed by atoms with van der Waals surface area (Å²) in [6, 6.07) is 17.5. The zero-order chi connectivity index (χ0) is 23.2. The van der Waals surface area contributed by atoms with Gasteiger partial charge in [0.15, 0.2) is 0 Å². The molecule has 5 heteroatoms. The fourth-order valence-electron chi connectivity index (χ4n) is 4.51. The maximum atomic E-state index is 13.0. The van der Waals surface area contributed by atoms with Crippen LogP contribution in [-0.4, -0.2) is 16.7 Å². The minimum atomic E-state index is -0.535. The minimum absolute atomic E-state index is 0.00595. The van der Waals surface area contributed by atoms with Gasteiger partial charge in [-0.3, -0.25) is 4.79 Å². The highest BCUT2D eigenvalue weighted by Crippen LogP contribution is 2.46. The number of aromatic nitrogens is 1. The summed E-state index contributed by atoms with van der Waals surface area (Å²) < 4.78 is 1.21. The lowest BCUT2D eigenvalue weighted by Crippen LogP contribution is -2.24. The molecule has 0 atom stereocenters. The van der Waals surface area contributed by atoms with Crippen molar-refractivity contribution in [2.24, 2.45) is 0 Å². The number of allylic oxidation sites excluding steroid dienone is 1. The third-order valence-corrected chi connectivity index (χ3v) is 6.34. The summed E-state index contributed by atoms with van der Waals surface area (Å²) in [5, 5.41) is 20.8. The van der Waals surface area contributed by atoms with Crippen LogP contribution in [0.25, 0.3) is 11.8 Å². The molecule has 1 aromatic heterocycles. The molecule has 160 valence electrons. The molecule has 2 aromatic carbocycles. The van der Waals surface area contributed by atoms with Crippen LogP contribution in [0.15, 0.2) is 64.8 Å². The topological polar surface area (TPSA) is 69.3 Å². The molecule has 0 radical (unpaired) electrons. The molecule has 0 amide bonds. The largest absolute Gasteiger partial charge is 0.494 e. The van der Waals surface area contributed by atoms with Crippen LogP contribution >= 0.6 is 0 Å². The van der Waals surface area contributed by atoms with Crippen molar-refractivity contribution in [3.05, 3.63) is 98.1 Å². The van der Waals surface area contributed by atoms with Crippen molar-refractivity contribution >= 4 is 11.8 Å². The van der Waals surface area contributed by atoms with Gasteiger partial charge < -0.3 is 10.0 Å². The number of benzene rings is 2. The number of pyridine rings is 1. The number of hydrogen-bond donors (Lipinski definition) is 1. The number of nitriles is 1. The van der Waals surface area contributed by atoms with Gasteiger partial charge >= 0.3 is 0 Å². The molecule has 0 saturated heterocycles. The third kappa shape index (κ3) is 3.05. The van der Waals surface area contributed by atoms with Gasteiger partial charge in [0, 0.05) is 23.7 Å². The van der Waals surface area contributed by atoms with E-state index in [4.69, 9.17) is 0 Å². The molecule has 0 unspecified atom stereocenters. The minimum Gasteiger partial charge on any atom is -0.494 e. The van der Waals surface area contributed by atoms with Crippen molar-refractivity contribution in [2.75, 3.05) is 11.9 Å². The lowest BCUT2D eigenvalue weighted by molar-refractivity contribution is 0.433. The molecular weight excluding hydrogens is 398 g/mol. The van der Waals surface area contributed by atoms with Crippen LogP contribution in [0, 0.1) is 25.2 Å². The fraction of sp³-hybridized carbons (Fsp3) is 0.222. The van der Waals surface area contributed by atoms with Crippen molar-refractivity contribution in [3.8, 4) is 17.6 Å². The summed E-state index contributed by atoms with van der Waals surface area (Å²) in [6.07, 6.45) is 1.68. The van der Waals surface area contributed by atoms with E-state index in [1.807, 2.05) is 44.3 Å². The third-order valence-electron chi connectivity index (χ3n) is 6.34. The highest BCUT2D eigenvalue weighted by Gasteiger charge is 2.38. The lowest BCUT2D eigenvalue weighted by atomic mass is 9.84. The Kier molecular flexibility index (Phi) is 5.05. The Hall–Kier alpha value is -4.00. The standard InChI is InChI=1S/C27H25N3O2/c1-17-10-6-8-12-22(17)30-25(31)19(18(2)20(16-28)26(30)32)14-15-24-27(3,4)21-11-7-9-13-23(21)29(24)5/h6-14,31H,1-5H3. The number of anilines is 1. The summed E-state index contributed by atoms with van der Waals surface area (Å²) in [6.45, 7) is 7.80. The van der Waals surface area contributed by atoms with Crippen LogP contribution in [0.2, 0.25) is 0 Å². The van der Waals surface area contributed by atoms with Gasteiger partial charge in [-0.15, -0.1) is 0 Å². The Labute approximate surface area is 187 Å². The second kappa shape index (κ2) is 7.60. The monoisotopic (exact) mass is 423 g/mol. The molecular formula is C27H25N3O2. The quantitative estimate of drug-likeness (QED) is 0.592. The van der Waals surface area contributed by atoms with Gasteiger partial charge in [-0.25, -0.2) is 4.57 Å². The van der Waals surface area contributed by atoms with Gasteiger partial charge in [-0.1, -0.05) is 42.1 Å². The average Bonchev–Trinajstić information content (AvgIpc) is 2.96. The normalized spacial score (nSPS) is 14.0. The maximum absolute atomic E-state index is 13.0. The molecule has 0 spiro atoms. The summed E-state index contributed by atoms with van der Waals surface area (Å²) in [7, 11) is 1.99. The van der Waals surface area contributed by atoms with E-state index in [1.54, 1.807) is 25.1 Å². The van der Waals surface area contributed by atoms with E-state index in [-0.39, 0.29) is 16.9 Å². The number of fused-ring (bicyclic) bond motifs is 1. The van der Waals surface area contributed by atoms with E-state index in [1.165, 1.54) is 10.1 Å². The van der Waals surface area contributed by atoms with Crippen LogP contribution in [-0.2, 0) is 5.41 Å². The second-order valence-electron chi connectivity index (χ2n) is 8.61. The first kappa shape index (κ1) is 21.2. The van der Waals surface area contributed by atoms with Gasteiger partial charge in [-0.2, -0.15) is 5.26 Å². The predicted molar refractivity (Wildman–Crippen MR) is 127 cm³/mol. The average molecular weight is 424 g/mol. The molecule has 5 nitrogen and oxygen atoms in total. The van der Waals surface area contributed by atoms with E-state index in [2.05, 4.69) is 36.6 Å². The number of likely N-dealkylation sites (N-methyl/N-ethyl adjacent to an activating group) is 1. The molecule has 0 bridgehead atoms. The summed E-state index contributed by atoms with van der Waals surface area (Å²) in [5.41, 5.74) is 7.98. The van der Waals surface area contributed by atoms with Crippen molar-refractivity contribution in [3.63, 3.8) is 0 Å². The zero-order valence-electron chi connectivity index (χ0n) is 18.9. The smallest absolute Gasteiger partial charge is 0.276 e. The molecule has 0 saturated carbocycles. The van der Waals surface area contributed by atoms with Gasteiger partial charge in [0.2, 0.25) is 5.88 Å². The van der Waals surface area contributed by atoms with Crippen molar-refractivity contribution in [2.45, 2.75) is 33.1 Å². The maximum Gasteiger partial charge on any atom is 0.276 e. The summed E-state index contributed by atoms with van der Waals surface area (Å²) >= 11 is 0. The molecule has 1 aliphatic rings. The summed E-state index contributed by atoms with van der Waals surface area (Å²) in [4.78, 5) is 15.1. The Morgan fingerprint density at radius 2 is 1.66 bits per heavy atom. The van der Waals surface area contributed by atoms with Crippen molar-refractivity contribution in [1.82, 2.24) is 4.57 Å². The molecule has 0 fully saturated rings. The number of aryl methyl sites for hydroxylation is 1. The van der Waals surface area contributed by atoms with Crippen LogP contribution in [0.1, 0.15) is 41.7 Å². The SMILES string of the molecule is Cc1ccccc1-n1c(O)c(C=C=C2N(C)c3ccccc3C2(C)C)c(C)c(C#N)c1=O. The van der Waals surface area contributed by atoms with E-state index in [9.17, 15) is 15.2 Å². The van der Waals surface area contributed by atoms with Gasteiger partial charge in [0.1, 0.15) is 11.6 Å². The van der Waals surface area contributed by atoms with E-state index in [0.717, 1.165) is 16.9 Å². The highest BCUT2D eigenvalue weighted by molar-refractivity contribution is 5.72. The molecule has 2 heterocycles. The number of hydrogen-bond acceptors (Lipinski definition) is 4. The van der Waals surface area contributed by atoms with Crippen molar-refractivity contribution in [1.29, 1.82) is 5.26 Å². The van der Waals surface area contributed by atoms with Gasteiger partial charge in [0.05, 0.1) is 11.4 Å². The van der Waals surface area contributed by atoms with E-state index >= 15 is 0 Å². The highest BCUT2D eigenvalue weighted by atomic mass is 16.3. The van der Waals surface area contributed by atoms with Crippen LogP contribution in [0.5, 0.6) is 5.88 Å². The van der Waals surface area contributed by atoms with Crippen molar-refractivity contribution < 1.29 is 5.11 Å². The van der Waals surface area contributed by atoms with Crippen LogP contribution < -0.4 is 10.5 Å². The molecule has 1 aliphatic heterocycles. The zero-order valence-corrected chi connectivity index (χ0v) is 18.9. The van der Waals surface area contributed by atoms with E-state index < -0.39 is 5.56 Å². The number of nitrogens with zero attached hydrogens (tertiary/aromatic N) is 3. The van der Waals surface area contributed by atoms with E-state index in [0.29, 0.717) is 16.8 Å². The second-order valence-corrected chi connectivity index (χ2v) is 8.61. The predicted octanol–water partition coefficient (Wildman–Crippen LogP) is 4.96. The Balaban J connectivity index is 2.00. The number of aromatic hydroxyl groups is 1. The number of para-hydroxylation sites is 2. The molecule has 1 N–H and O–H groups in total. The van der Waals surface area contributed by atoms with Crippen LogP contribution in [0.4, 0.5) is 5.69 Å². The molecule has 3 aromatic rings. The van der Waals surface area contributed by atoms with Crippen LogP contribution in [0.3, 0.4) is 0 Å². The number of rotatable bonds is 2. The molecule has 0 aliphatic carbocycles. The fourth-order valence-corrected chi connectivity index (χ4v) is 4.51. The first-order valence-electron chi connectivity index (χ1n) is 10.4. The Bertz CT molecular complexity index is 1410. The lowest BCUT2D eigenvalue weighted by Gasteiger charge is -2.22. The molecule has 4 rings (SSSR count). The van der Waals surface area contributed by atoms with Gasteiger partial charge in [0.25, 0.3) is 5.56 Å². The first-order chi connectivity index (χ1) is 15.2. The Morgan fingerprint density at radius 1 is 1.03 bits per heavy atom. The first-order valence-corrected chi connectivity index (χ1v) is 10.4. The summed E-state index contributed by atoms with van der Waals surface area (Å²) in [5.74, 6) is -0.204. The van der Waals surface area contributed by atoms with Gasteiger partial charge in [-0.05, 0) is 62.6 Å². The Morgan fingerprint density at radius 3 is 2.28 bits per heavy atom. The molecule has 32 heavy (non-hydrogen) atoms.